The molecule has 0 aliphatic carbocycles. The Hall–Kier alpha value is -3.61. The monoisotopic (exact) mass is 390 g/mol. The van der Waals surface area contributed by atoms with Crippen LogP contribution in [-0.2, 0) is 11.3 Å². The van der Waals surface area contributed by atoms with Gasteiger partial charge in [0.15, 0.2) is 0 Å². The van der Waals surface area contributed by atoms with Gasteiger partial charge >= 0.3 is 12.1 Å². The fourth-order valence-corrected chi connectivity index (χ4v) is 3.53. The molecule has 1 fully saturated rings. The molecule has 0 bridgehead atoms. The van der Waals surface area contributed by atoms with Crippen LogP contribution in [0.15, 0.2) is 60.7 Å². The van der Waals surface area contributed by atoms with E-state index in [1.54, 1.807) is 23.1 Å². The Balaban J connectivity index is 1.40. The number of urea groups is 2. The standard InChI is InChI=1S/C22H22N4O3/c27-20-13-23-21(28)26(20)14-16-6-4-10-19(12-16)24-22(29)25-11-5-9-18(15-25)17-7-2-1-3-8-17/h1-4,6-10,12H,5,11,13-15H2,(H,23,28)(H,24,29). The number of carbonyl (C=O) groups excluding carboxylic acids is 3. The average Bonchev–Trinajstić information content (AvgIpc) is 3.07. The van der Waals surface area contributed by atoms with E-state index >= 15 is 0 Å². The minimum absolute atomic E-state index is 0.0293. The Bertz CT molecular complexity index is 955. The van der Waals surface area contributed by atoms with Crippen LogP contribution in [-0.4, -0.2) is 47.4 Å². The number of benzene rings is 2. The molecule has 148 valence electrons. The van der Waals surface area contributed by atoms with E-state index in [0.29, 0.717) is 18.8 Å². The van der Waals surface area contributed by atoms with E-state index in [2.05, 4.69) is 16.7 Å². The number of hydrogen-bond acceptors (Lipinski definition) is 3. The smallest absolute Gasteiger partial charge is 0.324 e. The summed E-state index contributed by atoms with van der Waals surface area (Å²) >= 11 is 0. The molecular weight excluding hydrogens is 368 g/mol. The highest BCUT2D eigenvalue weighted by atomic mass is 16.2. The third kappa shape index (κ3) is 4.29. The van der Waals surface area contributed by atoms with Crippen molar-refractivity contribution in [1.82, 2.24) is 15.1 Å². The lowest BCUT2D eigenvalue weighted by Crippen LogP contribution is -2.38. The molecule has 7 heteroatoms. The third-order valence-corrected chi connectivity index (χ3v) is 5.04. The summed E-state index contributed by atoms with van der Waals surface area (Å²) in [5.74, 6) is -0.252. The lowest BCUT2D eigenvalue weighted by molar-refractivity contribution is -0.125. The summed E-state index contributed by atoms with van der Waals surface area (Å²) in [6, 6.07) is 16.7. The quantitative estimate of drug-likeness (QED) is 0.788. The lowest BCUT2D eigenvalue weighted by atomic mass is 10.0. The molecule has 2 aliphatic heterocycles. The van der Waals surface area contributed by atoms with Crippen LogP contribution in [0.1, 0.15) is 17.5 Å². The van der Waals surface area contributed by atoms with E-state index in [1.165, 1.54) is 4.90 Å². The van der Waals surface area contributed by atoms with Gasteiger partial charge < -0.3 is 15.5 Å². The van der Waals surface area contributed by atoms with Crippen molar-refractivity contribution in [2.24, 2.45) is 0 Å². The van der Waals surface area contributed by atoms with Crippen LogP contribution in [0.4, 0.5) is 15.3 Å². The van der Waals surface area contributed by atoms with E-state index in [0.717, 1.165) is 23.1 Å². The molecule has 5 amide bonds. The number of carbonyl (C=O) groups is 3. The van der Waals surface area contributed by atoms with Crippen molar-refractivity contribution in [2.75, 3.05) is 25.0 Å². The van der Waals surface area contributed by atoms with E-state index in [9.17, 15) is 14.4 Å². The number of amides is 5. The van der Waals surface area contributed by atoms with Crippen molar-refractivity contribution >= 4 is 29.2 Å². The number of imide groups is 1. The van der Waals surface area contributed by atoms with Gasteiger partial charge in [-0.15, -0.1) is 0 Å². The van der Waals surface area contributed by atoms with E-state index in [1.807, 2.05) is 36.4 Å². The van der Waals surface area contributed by atoms with E-state index < -0.39 is 6.03 Å². The fraction of sp³-hybridized carbons (Fsp3) is 0.227. The van der Waals surface area contributed by atoms with Gasteiger partial charge in [-0.1, -0.05) is 48.5 Å². The summed E-state index contributed by atoms with van der Waals surface area (Å²) in [7, 11) is 0. The highest BCUT2D eigenvalue weighted by Gasteiger charge is 2.28. The molecule has 0 saturated carbocycles. The molecule has 0 atom stereocenters. The molecule has 2 aromatic carbocycles. The molecule has 0 radical (unpaired) electrons. The van der Waals surface area contributed by atoms with Crippen LogP contribution >= 0.6 is 0 Å². The molecule has 2 heterocycles. The summed E-state index contributed by atoms with van der Waals surface area (Å²) in [4.78, 5) is 39.2. The maximum absolute atomic E-state index is 12.8. The van der Waals surface area contributed by atoms with Crippen LogP contribution in [0.2, 0.25) is 0 Å². The van der Waals surface area contributed by atoms with Crippen LogP contribution in [0.3, 0.4) is 0 Å². The van der Waals surface area contributed by atoms with Gasteiger partial charge in [0.25, 0.3) is 0 Å². The molecule has 7 nitrogen and oxygen atoms in total. The van der Waals surface area contributed by atoms with Crippen LogP contribution in [0, 0.1) is 0 Å². The van der Waals surface area contributed by atoms with Crippen LogP contribution in [0.5, 0.6) is 0 Å². The number of nitrogens with zero attached hydrogens (tertiary/aromatic N) is 2. The Morgan fingerprint density at radius 3 is 2.66 bits per heavy atom. The number of rotatable bonds is 4. The highest BCUT2D eigenvalue weighted by Crippen LogP contribution is 2.22. The minimum atomic E-state index is -0.391. The summed E-state index contributed by atoms with van der Waals surface area (Å²) in [6.07, 6.45) is 2.99. The summed E-state index contributed by atoms with van der Waals surface area (Å²) in [6.45, 7) is 1.42. The Morgan fingerprint density at radius 1 is 1.07 bits per heavy atom. The molecule has 1 saturated heterocycles. The zero-order valence-corrected chi connectivity index (χ0v) is 15.9. The fourth-order valence-electron chi connectivity index (χ4n) is 3.53. The third-order valence-electron chi connectivity index (χ3n) is 5.04. The normalized spacial score (nSPS) is 16.5. The second-order valence-electron chi connectivity index (χ2n) is 7.07. The predicted molar refractivity (Wildman–Crippen MR) is 110 cm³/mol. The largest absolute Gasteiger partial charge is 0.329 e. The molecule has 2 aliphatic rings. The first-order valence-corrected chi connectivity index (χ1v) is 9.58. The van der Waals surface area contributed by atoms with Gasteiger partial charge in [-0.3, -0.25) is 9.69 Å². The van der Waals surface area contributed by atoms with Crippen molar-refractivity contribution in [3.63, 3.8) is 0 Å². The molecule has 2 aromatic rings. The number of nitrogens with one attached hydrogen (secondary N) is 2. The summed E-state index contributed by atoms with van der Waals surface area (Å²) in [5.41, 5.74) is 3.67. The molecule has 0 spiro atoms. The van der Waals surface area contributed by atoms with Gasteiger partial charge in [0.05, 0.1) is 13.1 Å². The van der Waals surface area contributed by atoms with Gasteiger partial charge in [0, 0.05) is 18.8 Å². The van der Waals surface area contributed by atoms with Gasteiger partial charge in [0.2, 0.25) is 5.91 Å². The van der Waals surface area contributed by atoms with Crippen molar-refractivity contribution in [2.45, 2.75) is 13.0 Å². The van der Waals surface area contributed by atoms with Crippen LogP contribution in [0.25, 0.3) is 5.57 Å². The molecular formula is C22H22N4O3. The topological polar surface area (TPSA) is 81.8 Å². The second kappa shape index (κ2) is 8.18. The van der Waals surface area contributed by atoms with Crippen molar-refractivity contribution in [1.29, 1.82) is 0 Å². The first kappa shape index (κ1) is 18.7. The van der Waals surface area contributed by atoms with E-state index in [-0.39, 0.29) is 25.0 Å². The van der Waals surface area contributed by atoms with Crippen molar-refractivity contribution in [3.8, 4) is 0 Å². The van der Waals surface area contributed by atoms with E-state index in [4.69, 9.17) is 0 Å². The Kier molecular flexibility index (Phi) is 5.29. The maximum Gasteiger partial charge on any atom is 0.324 e. The van der Waals surface area contributed by atoms with Gasteiger partial charge in [-0.2, -0.15) is 0 Å². The minimum Gasteiger partial charge on any atom is -0.329 e. The highest BCUT2D eigenvalue weighted by molar-refractivity contribution is 6.01. The molecule has 4 rings (SSSR count). The van der Waals surface area contributed by atoms with Crippen LogP contribution < -0.4 is 10.6 Å². The SMILES string of the molecule is O=C(Nc1cccc(CN2C(=O)CNC2=O)c1)N1CCC=C(c2ccccc2)C1. The van der Waals surface area contributed by atoms with Gasteiger partial charge in [-0.05, 0) is 35.3 Å². The van der Waals surface area contributed by atoms with Crippen molar-refractivity contribution < 1.29 is 14.4 Å². The Labute approximate surface area is 169 Å². The first-order chi connectivity index (χ1) is 14.1. The van der Waals surface area contributed by atoms with Gasteiger partial charge in [0.1, 0.15) is 0 Å². The first-order valence-electron chi connectivity index (χ1n) is 9.58. The Morgan fingerprint density at radius 2 is 1.90 bits per heavy atom. The second-order valence-corrected chi connectivity index (χ2v) is 7.07. The summed E-state index contributed by atoms with van der Waals surface area (Å²) < 4.78 is 0. The maximum atomic E-state index is 12.8. The van der Waals surface area contributed by atoms with Crippen molar-refractivity contribution in [3.05, 3.63) is 71.8 Å². The summed E-state index contributed by atoms with van der Waals surface area (Å²) in [5, 5.41) is 5.43. The predicted octanol–water partition coefficient (Wildman–Crippen LogP) is 3.06. The number of hydrogen-bond donors (Lipinski definition) is 2. The molecule has 0 unspecified atom stereocenters. The molecule has 0 aromatic heterocycles. The number of anilines is 1. The zero-order chi connectivity index (χ0) is 20.2. The zero-order valence-electron chi connectivity index (χ0n) is 15.9. The molecule has 29 heavy (non-hydrogen) atoms. The molecule has 2 N–H and O–H groups in total. The average molecular weight is 390 g/mol. The van der Waals surface area contributed by atoms with Gasteiger partial charge in [-0.25, -0.2) is 9.59 Å². The lowest BCUT2D eigenvalue weighted by Gasteiger charge is -2.28.